The highest BCUT2D eigenvalue weighted by Gasteiger charge is 2.27. The first-order valence-corrected chi connectivity index (χ1v) is 5.23. The van der Waals surface area contributed by atoms with Crippen LogP contribution in [0, 0.1) is 11.3 Å². The molecule has 1 fully saturated rings. The van der Waals surface area contributed by atoms with Crippen LogP contribution in [0.25, 0.3) is 0 Å². The fourth-order valence-corrected chi connectivity index (χ4v) is 2.25. The summed E-state index contributed by atoms with van der Waals surface area (Å²) in [6.45, 7) is 8.98. The Morgan fingerprint density at radius 3 is 2.62 bits per heavy atom. The van der Waals surface area contributed by atoms with Crippen LogP contribution in [0.5, 0.6) is 0 Å². The summed E-state index contributed by atoms with van der Waals surface area (Å²) in [6.07, 6.45) is 2.60. The van der Waals surface area contributed by atoms with Crippen molar-refractivity contribution in [2.75, 3.05) is 20.3 Å². The van der Waals surface area contributed by atoms with E-state index in [0.717, 1.165) is 12.5 Å². The van der Waals surface area contributed by atoms with Gasteiger partial charge in [0.1, 0.15) is 0 Å². The van der Waals surface area contributed by atoms with Crippen LogP contribution in [0.3, 0.4) is 0 Å². The predicted molar refractivity (Wildman–Crippen MR) is 55.8 cm³/mol. The normalized spacial score (nSPS) is 29.5. The summed E-state index contributed by atoms with van der Waals surface area (Å²) < 4.78 is 5.14. The fourth-order valence-electron chi connectivity index (χ4n) is 2.25. The van der Waals surface area contributed by atoms with Gasteiger partial charge in [0, 0.05) is 13.2 Å². The zero-order valence-corrected chi connectivity index (χ0v) is 9.39. The molecule has 2 nitrogen and oxygen atoms in total. The average molecular weight is 185 g/mol. The molecule has 78 valence electrons. The molecule has 1 N–H and O–H groups in total. The molecular weight excluding hydrogens is 162 g/mol. The van der Waals surface area contributed by atoms with Crippen molar-refractivity contribution in [1.29, 1.82) is 0 Å². The molecule has 0 radical (unpaired) electrons. The van der Waals surface area contributed by atoms with Gasteiger partial charge in [0.2, 0.25) is 0 Å². The van der Waals surface area contributed by atoms with Crippen LogP contribution in [-0.4, -0.2) is 26.3 Å². The van der Waals surface area contributed by atoms with Crippen LogP contribution in [0.2, 0.25) is 0 Å². The largest absolute Gasteiger partial charge is 0.383 e. The number of nitrogens with one attached hydrogen (secondary N) is 1. The van der Waals surface area contributed by atoms with Crippen molar-refractivity contribution in [3.05, 3.63) is 0 Å². The van der Waals surface area contributed by atoms with Crippen LogP contribution in [0.1, 0.15) is 33.6 Å². The maximum atomic E-state index is 5.14. The van der Waals surface area contributed by atoms with Crippen molar-refractivity contribution >= 4 is 0 Å². The smallest absolute Gasteiger partial charge is 0.0615 e. The number of hydrogen-bond acceptors (Lipinski definition) is 2. The van der Waals surface area contributed by atoms with Gasteiger partial charge in [-0.15, -0.1) is 0 Å². The lowest BCUT2D eigenvalue weighted by atomic mass is 9.84. The first kappa shape index (κ1) is 11.0. The second kappa shape index (κ2) is 4.43. The molecule has 0 bridgehead atoms. The van der Waals surface area contributed by atoms with E-state index in [1.165, 1.54) is 19.4 Å². The summed E-state index contributed by atoms with van der Waals surface area (Å²) in [5, 5.41) is 3.51. The summed E-state index contributed by atoms with van der Waals surface area (Å²) in [5.74, 6) is 0.847. The molecule has 2 atom stereocenters. The third-order valence-electron chi connectivity index (χ3n) is 2.58. The van der Waals surface area contributed by atoms with E-state index >= 15 is 0 Å². The highest BCUT2D eigenvalue weighted by Crippen LogP contribution is 2.29. The molecule has 0 aliphatic carbocycles. The summed E-state index contributed by atoms with van der Waals surface area (Å²) in [4.78, 5) is 0. The van der Waals surface area contributed by atoms with Gasteiger partial charge in [-0.3, -0.25) is 0 Å². The van der Waals surface area contributed by atoms with Crippen LogP contribution in [-0.2, 0) is 4.74 Å². The lowest BCUT2D eigenvalue weighted by Gasteiger charge is -2.22. The number of hydrogen-bond donors (Lipinski definition) is 1. The Morgan fingerprint density at radius 2 is 2.08 bits per heavy atom. The first-order valence-electron chi connectivity index (χ1n) is 5.23. The van der Waals surface area contributed by atoms with Gasteiger partial charge in [0.25, 0.3) is 0 Å². The second-order valence-corrected chi connectivity index (χ2v) is 5.43. The molecule has 1 aliphatic heterocycles. The molecule has 1 saturated heterocycles. The Kier molecular flexibility index (Phi) is 3.74. The van der Waals surface area contributed by atoms with Crippen molar-refractivity contribution in [3.8, 4) is 0 Å². The Balaban J connectivity index is 2.25. The molecule has 2 heteroatoms. The fraction of sp³-hybridized carbons (Fsp3) is 1.00. The monoisotopic (exact) mass is 185 g/mol. The quantitative estimate of drug-likeness (QED) is 0.726. The Hall–Kier alpha value is -0.0800. The Morgan fingerprint density at radius 1 is 1.38 bits per heavy atom. The summed E-state index contributed by atoms with van der Waals surface area (Å²) in [7, 11) is 1.78. The van der Waals surface area contributed by atoms with E-state index in [0.29, 0.717) is 11.5 Å². The van der Waals surface area contributed by atoms with Gasteiger partial charge in [-0.05, 0) is 30.7 Å². The Labute approximate surface area is 82.0 Å². The second-order valence-electron chi connectivity index (χ2n) is 5.43. The minimum absolute atomic E-state index is 0.467. The molecule has 0 aromatic carbocycles. The van der Waals surface area contributed by atoms with Crippen molar-refractivity contribution < 1.29 is 4.74 Å². The van der Waals surface area contributed by atoms with Crippen molar-refractivity contribution in [3.63, 3.8) is 0 Å². The molecule has 0 amide bonds. The van der Waals surface area contributed by atoms with Crippen LogP contribution < -0.4 is 5.32 Å². The van der Waals surface area contributed by atoms with E-state index in [1.54, 1.807) is 7.11 Å². The van der Waals surface area contributed by atoms with E-state index in [1.807, 2.05) is 0 Å². The average Bonchev–Trinajstić information content (AvgIpc) is 2.33. The van der Waals surface area contributed by atoms with Crippen molar-refractivity contribution in [1.82, 2.24) is 5.32 Å². The zero-order chi connectivity index (χ0) is 9.90. The summed E-state index contributed by atoms with van der Waals surface area (Å²) >= 11 is 0. The molecule has 1 rings (SSSR count). The lowest BCUT2D eigenvalue weighted by molar-refractivity contribution is 0.171. The van der Waals surface area contributed by atoms with Gasteiger partial charge in [-0.2, -0.15) is 0 Å². The SMILES string of the molecule is COCC1CC(CC(C)(C)C)CN1. The molecular formula is C11H23NO. The highest BCUT2D eigenvalue weighted by molar-refractivity contribution is 4.83. The maximum absolute atomic E-state index is 5.14. The molecule has 13 heavy (non-hydrogen) atoms. The summed E-state index contributed by atoms with van der Waals surface area (Å²) in [5.41, 5.74) is 0.467. The molecule has 0 spiro atoms. The summed E-state index contributed by atoms with van der Waals surface area (Å²) in [6, 6.07) is 0.595. The van der Waals surface area contributed by atoms with E-state index in [-0.39, 0.29) is 0 Å². The molecule has 0 aromatic heterocycles. The molecule has 0 aromatic rings. The van der Waals surface area contributed by atoms with Gasteiger partial charge >= 0.3 is 0 Å². The van der Waals surface area contributed by atoms with Gasteiger partial charge in [0.05, 0.1) is 6.61 Å². The number of rotatable bonds is 3. The topological polar surface area (TPSA) is 21.3 Å². The molecule has 0 saturated carbocycles. The third kappa shape index (κ3) is 4.10. The standard InChI is InChI=1S/C11H23NO/c1-11(2,3)6-9-5-10(8-13-4)12-7-9/h9-10,12H,5-8H2,1-4H3. The minimum Gasteiger partial charge on any atom is -0.383 e. The minimum atomic E-state index is 0.467. The van der Waals surface area contributed by atoms with E-state index in [9.17, 15) is 0 Å². The van der Waals surface area contributed by atoms with Gasteiger partial charge < -0.3 is 10.1 Å². The molecule has 2 unspecified atom stereocenters. The van der Waals surface area contributed by atoms with Crippen molar-refractivity contribution in [2.24, 2.45) is 11.3 Å². The number of ether oxygens (including phenoxy) is 1. The van der Waals surface area contributed by atoms with Crippen molar-refractivity contribution in [2.45, 2.75) is 39.7 Å². The zero-order valence-electron chi connectivity index (χ0n) is 9.39. The van der Waals surface area contributed by atoms with Gasteiger partial charge in [0.15, 0.2) is 0 Å². The first-order chi connectivity index (χ1) is 6.01. The van der Waals surface area contributed by atoms with Gasteiger partial charge in [-0.25, -0.2) is 0 Å². The van der Waals surface area contributed by atoms with Crippen LogP contribution in [0.15, 0.2) is 0 Å². The number of methoxy groups -OCH3 is 1. The lowest BCUT2D eigenvalue weighted by Crippen LogP contribution is -2.25. The van der Waals surface area contributed by atoms with Crippen LogP contribution in [0.4, 0.5) is 0 Å². The maximum Gasteiger partial charge on any atom is 0.0615 e. The van der Waals surface area contributed by atoms with E-state index in [4.69, 9.17) is 4.74 Å². The Bertz CT molecular complexity index is 151. The van der Waals surface area contributed by atoms with Gasteiger partial charge in [-0.1, -0.05) is 20.8 Å². The van der Waals surface area contributed by atoms with E-state index in [2.05, 4.69) is 26.1 Å². The molecule has 1 heterocycles. The third-order valence-corrected chi connectivity index (χ3v) is 2.58. The molecule has 1 aliphatic rings. The highest BCUT2D eigenvalue weighted by atomic mass is 16.5. The predicted octanol–water partition coefficient (Wildman–Crippen LogP) is 2.05. The van der Waals surface area contributed by atoms with Crippen LogP contribution >= 0.6 is 0 Å². The van der Waals surface area contributed by atoms with E-state index < -0.39 is 0 Å².